The first-order valence-corrected chi connectivity index (χ1v) is 5.19. The Hall–Kier alpha value is -1.72. The van der Waals surface area contributed by atoms with Crippen LogP contribution in [0.1, 0.15) is 17.7 Å². The van der Waals surface area contributed by atoms with Crippen LogP contribution in [0.25, 0.3) is 11.4 Å². The van der Waals surface area contributed by atoms with E-state index in [9.17, 15) is 0 Å². The first kappa shape index (κ1) is 11.8. The minimum atomic E-state index is -0.482. The number of methoxy groups -OCH3 is 2. The minimum Gasteiger partial charge on any atom is -0.469 e. The maximum Gasteiger partial charge on any atom is 0.200 e. The molecule has 2 aromatic heterocycles. The van der Waals surface area contributed by atoms with E-state index >= 15 is 0 Å². The van der Waals surface area contributed by atoms with Crippen LogP contribution < -0.4 is 0 Å². The predicted molar refractivity (Wildman–Crippen MR) is 61.2 cm³/mol. The van der Waals surface area contributed by atoms with Crippen LogP contribution in [0.3, 0.4) is 0 Å². The lowest BCUT2D eigenvalue weighted by molar-refractivity contribution is -0.108. The van der Waals surface area contributed by atoms with Crippen LogP contribution in [0.4, 0.5) is 0 Å². The third kappa shape index (κ3) is 2.35. The molecule has 0 fully saturated rings. The summed E-state index contributed by atoms with van der Waals surface area (Å²) >= 11 is 0. The highest BCUT2D eigenvalue weighted by Gasteiger charge is 2.14. The van der Waals surface area contributed by atoms with Crippen LogP contribution in [0, 0.1) is 6.92 Å². The van der Waals surface area contributed by atoms with Gasteiger partial charge in [-0.2, -0.15) is 0 Å². The van der Waals surface area contributed by atoms with Gasteiger partial charge in [-0.25, -0.2) is 9.97 Å². The van der Waals surface area contributed by atoms with E-state index in [4.69, 9.17) is 13.9 Å². The van der Waals surface area contributed by atoms with Gasteiger partial charge in [-0.05, 0) is 19.1 Å². The molecule has 2 aromatic rings. The second-order valence-electron chi connectivity index (χ2n) is 3.50. The van der Waals surface area contributed by atoms with E-state index in [1.54, 1.807) is 32.7 Å². The monoisotopic (exact) mass is 234 g/mol. The Kier molecular flexibility index (Phi) is 3.51. The summed E-state index contributed by atoms with van der Waals surface area (Å²) in [5.41, 5.74) is 1.55. The second kappa shape index (κ2) is 5.07. The molecule has 0 bridgehead atoms. The van der Waals surface area contributed by atoms with Gasteiger partial charge in [0.2, 0.25) is 6.29 Å². The van der Waals surface area contributed by atoms with Gasteiger partial charge in [0.25, 0.3) is 0 Å². The zero-order valence-corrected chi connectivity index (χ0v) is 10.0. The molecular weight excluding hydrogens is 220 g/mol. The summed E-state index contributed by atoms with van der Waals surface area (Å²) in [7, 11) is 3.14. The average Bonchev–Trinajstić information content (AvgIpc) is 2.77. The molecule has 0 N–H and O–H groups in total. The third-order valence-electron chi connectivity index (χ3n) is 2.45. The van der Waals surface area contributed by atoms with Crippen molar-refractivity contribution in [2.24, 2.45) is 0 Å². The summed E-state index contributed by atoms with van der Waals surface area (Å²) in [6.45, 7) is 1.87. The van der Waals surface area contributed by atoms with Gasteiger partial charge < -0.3 is 13.9 Å². The Balaban J connectivity index is 2.38. The zero-order valence-electron chi connectivity index (χ0n) is 10.0. The fourth-order valence-corrected chi connectivity index (χ4v) is 1.59. The van der Waals surface area contributed by atoms with Gasteiger partial charge in [-0.1, -0.05) is 0 Å². The number of ether oxygens (including phenoxy) is 2. The quantitative estimate of drug-likeness (QED) is 0.760. The van der Waals surface area contributed by atoms with Crippen LogP contribution in [-0.4, -0.2) is 24.2 Å². The predicted octanol–water partition coefficient (Wildman–Crippen LogP) is 2.34. The van der Waals surface area contributed by atoms with Gasteiger partial charge >= 0.3 is 0 Å². The van der Waals surface area contributed by atoms with Crippen molar-refractivity contribution >= 4 is 0 Å². The summed E-state index contributed by atoms with van der Waals surface area (Å²) in [6.07, 6.45) is 2.81. The van der Waals surface area contributed by atoms with E-state index in [1.165, 1.54) is 0 Å². The molecule has 90 valence electrons. The van der Waals surface area contributed by atoms with Crippen LogP contribution in [0.5, 0.6) is 0 Å². The normalized spacial score (nSPS) is 11.1. The van der Waals surface area contributed by atoms with Gasteiger partial charge in [0.1, 0.15) is 11.5 Å². The lowest BCUT2D eigenvalue weighted by Crippen LogP contribution is -2.07. The Morgan fingerprint density at radius 3 is 2.59 bits per heavy atom. The molecule has 0 saturated carbocycles. The number of rotatable bonds is 4. The van der Waals surface area contributed by atoms with E-state index in [0.717, 1.165) is 11.3 Å². The fraction of sp³-hybridized carbons (Fsp3) is 0.333. The minimum absolute atomic E-state index is 0.482. The van der Waals surface area contributed by atoms with Crippen molar-refractivity contribution in [1.82, 2.24) is 9.97 Å². The van der Waals surface area contributed by atoms with Crippen molar-refractivity contribution < 1.29 is 13.9 Å². The second-order valence-corrected chi connectivity index (χ2v) is 3.50. The number of hydrogen-bond acceptors (Lipinski definition) is 5. The molecule has 0 unspecified atom stereocenters. The van der Waals surface area contributed by atoms with Crippen molar-refractivity contribution in [2.75, 3.05) is 14.2 Å². The molecule has 5 nitrogen and oxygen atoms in total. The summed E-state index contributed by atoms with van der Waals surface area (Å²) in [4.78, 5) is 8.61. The highest BCUT2D eigenvalue weighted by Crippen LogP contribution is 2.22. The number of hydrogen-bond donors (Lipinski definition) is 0. The van der Waals surface area contributed by atoms with Gasteiger partial charge in [-0.15, -0.1) is 0 Å². The topological polar surface area (TPSA) is 57.4 Å². The lowest BCUT2D eigenvalue weighted by Gasteiger charge is -2.12. The molecule has 17 heavy (non-hydrogen) atoms. The molecule has 0 aliphatic rings. The molecule has 5 heteroatoms. The van der Waals surface area contributed by atoms with E-state index in [0.29, 0.717) is 11.5 Å². The van der Waals surface area contributed by atoms with Crippen molar-refractivity contribution in [1.29, 1.82) is 0 Å². The van der Waals surface area contributed by atoms with Crippen LogP contribution in [-0.2, 0) is 9.47 Å². The first-order valence-electron chi connectivity index (χ1n) is 5.19. The molecule has 0 amide bonds. The molecule has 0 aliphatic heterocycles. The highest BCUT2D eigenvalue weighted by atomic mass is 16.7. The Morgan fingerprint density at radius 2 is 2.00 bits per heavy atom. The fourth-order valence-electron chi connectivity index (χ4n) is 1.59. The molecule has 2 heterocycles. The summed E-state index contributed by atoms with van der Waals surface area (Å²) < 4.78 is 15.5. The van der Waals surface area contributed by atoms with E-state index in [2.05, 4.69) is 9.97 Å². The molecule has 0 aromatic carbocycles. The Bertz CT molecular complexity index is 492. The average molecular weight is 234 g/mol. The largest absolute Gasteiger partial charge is 0.469 e. The summed E-state index contributed by atoms with van der Waals surface area (Å²) in [6, 6.07) is 3.60. The van der Waals surface area contributed by atoms with E-state index in [-0.39, 0.29) is 0 Å². The molecule has 0 atom stereocenters. The highest BCUT2D eigenvalue weighted by molar-refractivity contribution is 5.56. The smallest absolute Gasteiger partial charge is 0.200 e. The van der Waals surface area contributed by atoms with Gasteiger partial charge in [-0.3, -0.25) is 0 Å². The molecule has 0 aliphatic carbocycles. The van der Waals surface area contributed by atoms with Crippen molar-refractivity contribution in [2.45, 2.75) is 13.2 Å². The standard InChI is InChI=1S/C12H14N2O3/c1-8-9(5-7-17-8)11-13-6-4-10(14-11)12(15-2)16-3/h4-7,12H,1-3H3. The van der Waals surface area contributed by atoms with Gasteiger partial charge in [0, 0.05) is 20.4 Å². The summed E-state index contributed by atoms with van der Waals surface area (Å²) in [5, 5.41) is 0. The maximum atomic E-state index is 5.23. The lowest BCUT2D eigenvalue weighted by atomic mass is 10.2. The number of aryl methyl sites for hydroxylation is 1. The van der Waals surface area contributed by atoms with Crippen LogP contribution >= 0.6 is 0 Å². The van der Waals surface area contributed by atoms with E-state index in [1.807, 2.05) is 13.0 Å². The van der Waals surface area contributed by atoms with Crippen molar-refractivity contribution in [3.8, 4) is 11.4 Å². The number of nitrogens with zero attached hydrogens (tertiary/aromatic N) is 2. The molecular formula is C12H14N2O3. The maximum absolute atomic E-state index is 5.23. The Labute approximate surface area is 99.4 Å². The number of aromatic nitrogens is 2. The molecule has 0 radical (unpaired) electrons. The first-order chi connectivity index (χ1) is 8.26. The SMILES string of the molecule is COC(OC)c1ccnc(-c2ccoc2C)n1. The number of furan rings is 1. The van der Waals surface area contributed by atoms with Crippen LogP contribution in [0.2, 0.25) is 0 Å². The molecule has 0 saturated heterocycles. The van der Waals surface area contributed by atoms with Crippen LogP contribution in [0.15, 0.2) is 29.0 Å². The molecule has 0 spiro atoms. The van der Waals surface area contributed by atoms with Gasteiger partial charge in [0.15, 0.2) is 5.82 Å². The summed E-state index contributed by atoms with van der Waals surface area (Å²) in [5.74, 6) is 1.39. The van der Waals surface area contributed by atoms with Gasteiger partial charge in [0.05, 0.1) is 11.8 Å². The Morgan fingerprint density at radius 1 is 1.24 bits per heavy atom. The third-order valence-corrected chi connectivity index (χ3v) is 2.45. The van der Waals surface area contributed by atoms with Crippen molar-refractivity contribution in [3.63, 3.8) is 0 Å². The van der Waals surface area contributed by atoms with Crippen molar-refractivity contribution in [3.05, 3.63) is 36.0 Å². The van der Waals surface area contributed by atoms with E-state index < -0.39 is 6.29 Å². The molecule has 2 rings (SSSR count). The zero-order chi connectivity index (χ0) is 12.3.